The molecule has 3 nitrogen and oxygen atoms in total. The van der Waals surface area contributed by atoms with Gasteiger partial charge in [-0.3, -0.25) is 4.89 Å². The van der Waals surface area contributed by atoms with Crippen LogP contribution < -0.4 is 0 Å². The fourth-order valence-electron chi connectivity index (χ4n) is 1.68. The molecule has 0 spiro atoms. The van der Waals surface area contributed by atoms with Crippen molar-refractivity contribution in [3.8, 4) is 0 Å². The van der Waals surface area contributed by atoms with Crippen LogP contribution in [0, 0.1) is 13.8 Å². The predicted molar refractivity (Wildman–Crippen MR) is 71.4 cm³/mol. The van der Waals surface area contributed by atoms with Crippen LogP contribution in [0.5, 0.6) is 0 Å². The maximum absolute atomic E-state index is 11.8. The van der Waals surface area contributed by atoms with E-state index < -0.39 is 5.97 Å². The molecule has 1 rings (SSSR count). The highest BCUT2D eigenvalue weighted by Gasteiger charge is 2.14. The Morgan fingerprint density at radius 2 is 2.06 bits per heavy atom. The van der Waals surface area contributed by atoms with E-state index >= 15 is 0 Å². The average Bonchev–Trinajstić information content (AvgIpc) is 2.36. The second kappa shape index (κ2) is 7.17. The molecule has 0 aliphatic rings. The van der Waals surface area contributed by atoms with Crippen molar-refractivity contribution in [1.82, 2.24) is 0 Å². The molecule has 0 radical (unpaired) electrons. The SMILES string of the molecule is CCCCC(C)OOC(=O)c1cccc(C)c1C. The zero-order valence-electron chi connectivity index (χ0n) is 11.7. The van der Waals surface area contributed by atoms with Gasteiger partial charge in [-0.2, -0.15) is 4.89 Å². The number of hydrogen-bond acceptors (Lipinski definition) is 3. The molecule has 1 atom stereocenters. The van der Waals surface area contributed by atoms with Crippen molar-refractivity contribution in [3.63, 3.8) is 0 Å². The number of carbonyl (C=O) groups excluding carboxylic acids is 1. The van der Waals surface area contributed by atoms with Crippen LogP contribution in [0.1, 0.15) is 54.6 Å². The molecule has 0 aliphatic heterocycles. The van der Waals surface area contributed by atoms with Gasteiger partial charge in [-0.1, -0.05) is 31.9 Å². The Kier molecular flexibility index (Phi) is 5.86. The third-order valence-electron chi connectivity index (χ3n) is 3.08. The maximum atomic E-state index is 11.8. The number of aryl methyl sites for hydroxylation is 1. The van der Waals surface area contributed by atoms with Gasteiger partial charge in [0.25, 0.3) is 0 Å². The minimum absolute atomic E-state index is 0.0565. The molecule has 1 unspecified atom stereocenters. The van der Waals surface area contributed by atoms with Crippen molar-refractivity contribution < 1.29 is 14.6 Å². The molecule has 0 bridgehead atoms. The number of carbonyl (C=O) groups is 1. The summed E-state index contributed by atoms with van der Waals surface area (Å²) in [6.07, 6.45) is 3.02. The summed E-state index contributed by atoms with van der Waals surface area (Å²) in [4.78, 5) is 21.8. The minimum Gasteiger partial charge on any atom is -0.293 e. The first kappa shape index (κ1) is 14.7. The molecule has 0 amide bonds. The molecular weight excluding hydrogens is 228 g/mol. The summed E-state index contributed by atoms with van der Waals surface area (Å²) < 4.78 is 0. The second-order valence-electron chi connectivity index (χ2n) is 4.67. The summed E-state index contributed by atoms with van der Waals surface area (Å²) in [5.74, 6) is -0.417. The van der Waals surface area contributed by atoms with E-state index in [4.69, 9.17) is 9.78 Å². The summed E-state index contributed by atoms with van der Waals surface area (Å²) in [5, 5.41) is 0. The quantitative estimate of drug-likeness (QED) is 0.566. The van der Waals surface area contributed by atoms with E-state index in [-0.39, 0.29) is 6.10 Å². The van der Waals surface area contributed by atoms with Crippen molar-refractivity contribution in [2.24, 2.45) is 0 Å². The topological polar surface area (TPSA) is 35.5 Å². The highest BCUT2D eigenvalue weighted by molar-refractivity contribution is 5.90. The van der Waals surface area contributed by atoms with Gasteiger partial charge in [0.05, 0.1) is 5.56 Å². The third-order valence-corrected chi connectivity index (χ3v) is 3.08. The van der Waals surface area contributed by atoms with Crippen molar-refractivity contribution in [2.75, 3.05) is 0 Å². The number of benzene rings is 1. The van der Waals surface area contributed by atoms with E-state index in [1.54, 1.807) is 6.07 Å². The maximum Gasteiger partial charge on any atom is 0.373 e. The Labute approximate surface area is 109 Å². The van der Waals surface area contributed by atoms with Gasteiger partial charge in [-0.05, 0) is 44.4 Å². The number of unbranched alkanes of at least 4 members (excludes halogenated alkanes) is 1. The first-order valence-electron chi connectivity index (χ1n) is 6.50. The highest BCUT2D eigenvalue weighted by atomic mass is 17.2. The van der Waals surface area contributed by atoms with Crippen molar-refractivity contribution in [2.45, 2.75) is 53.1 Å². The zero-order valence-corrected chi connectivity index (χ0v) is 11.7. The van der Waals surface area contributed by atoms with Gasteiger partial charge in [0, 0.05) is 0 Å². The van der Waals surface area contributed by atoms with Crippen molar-refractivity contribution in [3.05, 3.63) is 34.9 Å². The predicted octanol–water partition coefficient (Wildman–Crippen LogP) is 3.97. The smallest absolute Gasteiger partial charge is 0.293 e. The average molecular weight is 250 g/mol. The molecule has 3 heteroatoms. The van der Waals surface area contributed by atoms with E-state index in [0.717, 1.165) is 30.4 Å². The van der Waals surface area contributed by atoms with Gasteiger partial charge in [0.2, 0.25) is 0 Å². The lowest BCUT2D eigenvalue weighted by atomic mass is 10.0. The largest absolute Gasteiger partial charge is 0.373 e. The Morgan fingerprint density at radius 1 is 1.33 bits per heavy atom. The van der Waals surface area contributed by atoms with Crippen molar-refractivity contribution >= 4 is 5.97 Å². The van der Waals surface area contributed by atoms with Crippen LogP contribution in [0.2, 0.25) is 0 Å². The van der Waals surface area contributed by atoms with Crippen LogP contribution in [0.4, 0.5) is 0 Å². The van der Waals surface area contributed by atoms with Gasteiger partial charge < -0.3 is 0 Å². The van der Waals surface area contributed by atoms with Crippen LogP contribution in [0.3, 0.4) is 0 Å². The van der Waals surface area contributed by atoms with Crippen LogP contribution in [0.25, 0.3) is 0 Å². The van der Waals surface area contributed by atoms with E-state index in [2.05, 4.69) is 6.92 Å². The molecule has 0 N–H and O–H groups in total. The van der Waals surface area contributed by atoms with Crippen LogP contribution in [0.15, 0.2) is 18.2 Å². The lowest BCUT2D eigenvalue weighted by Crippen LogP contribution is -2.14. The molecule has 0 saturated carbocycles. The Hall–Kier alpha value is -1.35. The van der Waals surface area contributed by atoms with Gasteiger partial charge in [0.1, 0.15) is 6.10 Å². The monoisotopic (exact) mass is 250 g/mol. The Morgan fingerprint density at radius 3 is 2.72 bits per heavy atom. The molecule has 0 fully saturated rings. The van der Waals surface area contributed by atoms with Crippen LogP contribution in [-0.2, 0) is 9.78 Å². The summed E-state index contributed by atoms with van der Waals surface area (Å²) >= 11 is 0. The summed E-state index contributed by atoms with van der Waals surface area (Å²) in [5.41, 5.74) is 2.58. The second-order valence-corrected chi connectivity index (χ2v) is 4.67. The van der Waals surface area contributed by atoms with Gasteiger partial charge in [-0.25, -0.2) is 4.79 Å². The normalized spacial score (nSPS) is 12.2. The minimum atomic E-state index is -0.417. The molecule has 0 heterocycles. The molecule has 0 aliphatic carbocycles. The van der Waals surface area contributed by atoms with E-state index in [9.17, 15) is 4.79 Å². The molecule has 1 aromatic rings. The molecule has 1 aromatic carbocycles. The van der Waals surface area contributed by atoms with E-state index in [0.29, 0.717) is 5.56 Å². The molecule has 100 valence electrons. The molecule has 18 heavy (non-hydrogen) atoms. The summed E-state index contributed by atoms with van der Waals surface area (Å²) in [7, 11) is 0. The standard InChI is InChI=1S/C15H22O3/c1-5-6-9-12(3)17-18-15(16)14-10-7-8-11(2)13(14)4/h7-8,10,12H,5-6,9H2,1-4H3. The zero-order chi connectivity index (χ0) is 13.5. The Balaban J connectivity index is 2.53. The molecule has 0 saturated heterocycles. The molecule has 0 aromatic heterocycles. The summed E-state index contributed by atoms with van der Waals surface area (Å²) in [6.45, 7) is 7.91. The van der Waals surface area contributed by atoms with E-state index in [1.165, 1.54) is 0 Å². The summed E-state index contributed by atoms with van der Waals surface area (Å²) in [6, 6.07) is 5.57. The number of rotatable bonds is 6. The first-order chi connectivity index (χ1) is 8.56. The van der Waals surface area contributed by atoms with Crippen LogP contribution >= 0.6 is 0 Å². The molecular formula is C15H22O3. The fourth-order valence-corrected chi connectivity index (χ4v) is 1.68. The van der Waals surface area contributed by atoms with E-state index in [1.807, 2.05) is 32.9 Å². The van der Waals surface area contributed by atoms with Gasteiger partial charge in [0.15, 0.2) is 0 Å². The van der Waals surface area contributed by atoms with Gasteiger partial charge >= 0.3 is 5.97 Å². The van der Waals surface area contributed by atoms with Crippen LogP contribution in [-0.4, -0.2) is 12.1 Å². The lowest BCUT2D eigenvalue weighted by Gasteiger charge is -2.12. The van der Waals surface area contributed by atoms with Crippen molar-refractivity contribution in [1.29, 1.82) is 0 Å². The first-order valence-corrected chi connectivity index (χ1v) is 6.50. The fraction of sp³-hybridized carbons (Fsp3) is 0.533. The lowest BCUT2D eigenvalue weighted by molar-refractivity contribution is -0.271. The highest BCUT2D eigenvalue weighted by Crippen LogP contribution is 2.14. The third kappa shape index (κ3) is 4.15. The van der Waals surface area contributed by atoms with Gasteiger partial charge in [-0.15, -0.1) is 0 Å². The Bertz CT molecular complexity index is 399. The number of hydrogen-bond donors (Lipinski definition) is 0.